The Morgan fingerprint density at radius 1 is 1.37 bits per heavy atom. The number of aromatic amines is 1. The fourth-order valence-corrected chi connectivity index (χ4v) is 2.31. The quantitative estimate of drug-likeness (QED) is 0.566. The van der Waals surface area contributed by atoms with Crippen molar-refractivity contribution in [2.45, 2.75) is 24.0 Å². The number of anilines is 2. The molecule has 0 aliphatic carbocycles. The summed E-state index contributed by atoms with van der Waals surface area (Å²) in [5.41, 5.74) is 5.25. The molecule has 0 aliphatic rings. The fourth-order valence-electron chi connectivity index (χ4n) is 1.46. The van der Waals surface area contributed by atoms with E-state index in [1.807, 2.05) is 6.92 Å². The second-order valence-corrected chi connectivity index (χ2v) is 4.76. The van der Waals surface area contributed by atoms with Crippen molar-refractivity contribution in [2.75, 3.05) is 17.6 Å². The van der Waals surface area contributed by atoms with Gasteiger partial charge in [0, 0.05) is 18.7 Å². The second-order valence-electron chi connectivity index (χ2n) is 3.75. The first-order chi connectivity index (χ1) is 9.06. The Morgan fingerprint density at radius 3 is 2.84 bits per heavy atom. The van der Waals surface area contributed by atoms with Gasteiger partial charge in [0.2, 0.25) is 0 Å². The van der Waals surface area contributed by atoms with Crippen LogP contribution in [-0.4, -0.2) is 26.5 Å². The summed E-state index contributed by atoms with van der Waals surface area (Å²) in [6.07, 6.45) is 0. The molecule has 100 valence electrons. The first-order valence-corrected chi connectivity index (χ1v) is 6.52. The maximum atomic E-state index is 11.3. The van der Waals surface area contributed by atoms with Gasteiger partial charge in [-0.1, -0.05) is 0 Å². The first-order valence-electron chi connectivity index (χ1n) is 5.71. The van der Waals surface area contributed by atoms with Crippen molar-refractivity contribution < 1.29 is 0 Å². The molecule has 4 N–H and O–H groups in total. The van der Waals surface area contributed by atoms with Gasteiger partial charge in [-0.15, -0.1) is 0 Å². The Kier molecular flexibility index (Phi) is 4.00. The van der Waals surface area contributed by atoms with Crippen molar-refractivity contribution in [2.24, 2.45) is 0 Å². The number of aromatic nitrogens is 4. The zero-order valence-electron chi connectivity index (χ0n) is 10.6. The SMILES string of the molecule is CCNc1cc(Sc2nc(N)cc(=O)[nH]2)nc(C)n1. The van der Waals surface area contributed by atoms with Crippen LogP contribution in [0.15, 0.2) is 27.1 Å². The minimum Gasteiger partial charge on any atom is -0.383 e. The lowest BCUT2D eigenvalue weighted by Gasteiger charge is -2.06. The van der Waals surface area contributed by atoms with E-state index in [4.69, 9.17) is 5.73 Å². The van der Waals surface area contributed by atoms with E-state index < -0.39 is 0 Å². The predicted molar refractivity (Wildman–Crippen MR) is 74.3 cm³/mol. The molecule has 2 rings (SSSR count). The molecule has 19 heavy (non-hydrogen) atoms. The number of rotatable bonds is 4. The number of hydrogen-bond donors (Lipinski definition) is 3. The molecule has 0 spiro atoms. The number of nitrogen functional groups attached to an aromatic ring is 1. The Hall–Kier alpha value is -2.09. The van der Waals surface area contributed by atoms with Crippen LogP contribution >= 0.6 is 11.8 Å². The van der Waals surface area contributed by atoms with Crippen LogP contribution in [0.1, 0.15) is 12.7 Å². The van der Waals surface area contributed by atoms with Crippen LogP contribution in [-0.2, 0) is 0 Å². The number of aryl methyl sites for hydroxylation is 1. The van der Waals surface area contributed by atoms with Crippen LogP contribution in [0.4, 0.5) is 11.6 Å². The standard InChI is InChI=1S/C11H14N6OS/c1-3-13-8-5-10(15-6(2)14-8)19-11-16-7(12)4-9(18)17-11/h4-5H,3H2,1-2H3,(H,13,14,15)(H3,12,16,17,18). The second kappa shape index (κ2) is 5.70. The van der Waals surface area contributed by atoms with Gasteiger partial charge in [-0.2, -0.15) is 0 Å². The molecule has 2 heterocycles. The van der Waals surface area contributed by atoms with Crippen molar-refractivity contribution in [3.05, 3.63) is 28.3 Å². The van der Waals surface area contributed by atoms with E-state index in [2.05, 4.69) is 25.3 Å². The topological polar surface area (TPSA) is 110 Å². The van der Waals surface area contributed by atoms with E-state index in [0.29, 0.717) is 16.0 Å². The predicted octanol–water partition coefficient (Wildman–Crippen LogP) is 1.03. The number of nitrogens with two attached hydrogens (primary N) is 1. The number of hydrogen-bond acceptors (Lipinski definition) is 7. The van der Waals surface area contributed by atoms with Gasteiger partial charge >= 0.3 is 0 Å². The van der Waals surface area contributed by atoms with Crippen LogP contribution in [0.5, 0.6) is 0 Å². The fraction of sp³-hybridized carbons (Fsp3) is 0.273. The van der Waals surface area contributed by atoms with Crippen molar-refractivity contribution >= 4 is 23.4 Å². The van der Waals surface area contributed by atoms with Crippen LogP contribution in [0, 0.1) is 6.92 Å². The van der Waals surface area contributed by atoms with Crippen LogP contribution in [0.25, 0.3) is 0 Å². The molecular weight excluding hydrogens is 264 g/mol. The Morgan fingerprint density at radius 2 is 2.16 bits per heavy atom. The third-order valence-corrected chi connectivity index (χ3v) is 2.92. The minimum atomic E-state index is -0.285. The number of H-pyrrole nitrogens is 1. The summed E-state index contributed by atoms with van der Waals surface area (Å²) >= 11 is 1.23. The van der Waals surface area contributed by atoms with Gasteiger partial charge in [0.25, 0.3) is 5.56 Å². The van der Waals surface area contributed by atoms with Crippen LogP contribution < -0.4 is 16.6 Å². The number of nitrogens with one attached hydrogen (secondary N) is 2. The molecule has 0 saturated heterocycles. The smallest absolute Gasteiger partial charge is 0.253 e. The van der Waals surface area contributed by atoms with E-state index in [0.717, 1.165) is 12.4 Å². The van der Waals surface area contributed by atoms with Crippen molar-refractivity contribution in [1.82, 2.24) is 19.9 Å². The third kappa shape index (κ3) is 3.68. The number of nitrogens with zero attached hydrogens (tertiary/aromatic N) is 3. The van der Waals surface area contributed by atoms with Crippen LogP contribution in [0.3, 0.4) is 0 Å². The molecule has 0 aromatic carbocycles. The van der Waals surface area contributed by atoms with E-state index in [1.165, 1.54) is 17.8 Å². The molecule has 7 nitrogen and oxygen atoms in total. The summed E-state index contributed by atoms with van der Waals surface area (Å²) in [5, 5.41) is 4.22. The highest BCUT2D eigenvalue weighted by Gasteiger charge is 2.06. The highest BCUT2D eigenvalue weighted by atomic mass is 32.2. The molecule has 0 saturated carbocycles. The molecule has 0 aliphatic heterocycles. The van der Waals surface area contributed by atoms with E-state index >= 15 is 0 Å². The first kappa shape index (κ1) is 13.3. The molecule has 0 radical (unpaired) electrons. The average molecular weight is 278 g/mol. The van der Waals surface area contributed by atoms with Crippen molar-refractivity contribution in [1.29, 1.82) is 0 Å². The van der Waals surface area contributed by atoms with E-state index in [1.54, 1.807) is 13.0 Å². The molecule has 0 amide bonds. The largest absolute Gasteiger partial charge is 0.383 e. The highest BCUT2D eigenvalue weighted by molar-refractivity contribution is 7.99. The molecular formula is C11H14N6OS. The molecule has 0 atom stereocenters. The van der Waals surface area contributed by atoms with Gasteiger partial charge in [-0.05, 0) is 25.6 Å². The minimum absolute atomic E-state index is 0.184. The van der Waals surface area contributed by atoms with Crippen molar-refractivity contribution in [3.63, 3.8) is 0 Å². The zero-order valence-corrected chi connectivity index (χ0v) is 11.4. The molecule has 8 heteroatoms. The lowest BCUT2D eigenvalue weighted by atomic mass is 10.5. The van der Waals surface area contributed by atoms with Crippen LogP contribution in [0.2, 0.25) is 0 Å². The molecule has 0 unspecified atom stereocenters. The summed E-state index contributed by atoms with van der Waals surface area (Å²) < 4.78 is 0. The Bertz CT molecular complexity index is 641. The monoisotopic (exact) mass is 278 g/mol. The molecule has 2 aromatic rings. The van der Waals surface area contributed by atoms with Gasteiger partial charge in [0.15, 0.2) is 5.16 Å². The third-order valence-electron chi connectivity index (χ3n) is 2.11. The van der Waals surface area contributed by atoms with E-state index in [-0.39, 0.29) is 11.4 Å². The lowest BCUT2D eigenvalue weighted by molar-refractivity contribution is 0.924. The maximum Gasteiger partial charge on any atom is 0.253 e. The normalized spacial score (nSPS) is 10.4. The van der Waals surface area contributed by atoms with E-state index in [9.17, 15) is 4.79 Å². The zero-order chi connectivity index (χ0) is 13.8. The summed E-state index contributed by atoms with van der Waals surface area (Å²) in [5.74, 6) is 1.57. The average Bonchev–Trinajstić information content (AvgIpc) is 2.26. The summed E-state index contributed by atoms with van der Waals surface area (Å²) in [6, 6.07) is 3.03. The summed E-state index contributed by atoms with van der Waals surface area (Å²) in [4.78, 5) is 26.5. The molecule has 2 aromatic heterocycles. The summed E-state index contributed by atoms with van der Waals surface area (Å²) in [6.45, 7) is 4.57. The van der Waals surface area contributed by atoms with Crippen molar-refractivity contribution in [3.8, 4) is 0 Å². The van der Waals surface area contributed by atoms with Gasteiger partial charge in [-0.3, -0.25) is 4.79 Å². The Balaban J connectivity index is 2.29. The summed E-state index contributed by atoms with van der Waals surface area (Å²) in [7, 11) is 0. The van der Waals surface area contributed by atoms with Gasteiger partial charge in [0.1, 0.15) is 22.5 Å². The molecule has 0 fully saturated rings. The highest BCUT2D eigenvalue weighted by Crippen LogP contribution is 2.24. The van der Waals surface area contributed by atoms with Gasteiger partial charge in [-0.25, -0.2) is 15.0 Å². The van der Waals surface area contributed by atoms with Gasteiger partial charge < -0.3 is 16.0 Å². The lowest BCUT2D eigenvalue weighted by Crippen LogP contribution is -2.09. The Labute approximate surface area is 114 Å². The van der Waals surface area contributed by atoms with Gasteiger partial charge in [0.05, 0.1) is 0 Å². The maximum absolute atomic E-state index is 11.3. The molecule has 0 bridgehead atoms.